The molecule has 0 bridgehead atoms. The lowest BCUT2D eigenvalue weighted by Gasteiger charge is -2.10. The number of methoxy groups -OCH3 is 1. The Labute approximate surface area is 106 Å². The number of ether oxygens (including phenoxy) is 2. The lowest BCUT2D eigenvalue weighted by molar-refractivity contribution is 0.300. The van der Waals surface area contributed by atoms with Gasteiger partial charge in [0.15, 0.2) is 0 Å². The van der Waals surface area contributed by atoms with E-state index >= 15 is 0 Å². The van der Waals surface area contributed by atoms with Crippen molar-refractivity contribution >= 4 is 5.69 Å². The SMILES string of the molecule is COc1ccc(N)c(OCc2cccc(C)n2)c1. The van der Waals surface area contributed by atoms with E-state index in [1.807, 2.05) is 25.1 Å². The Hall–Kier alpha value is -2.23. The number of aryl methyl sites for hydroxylation is 1. The molecule has 0 saturated heterocycles. The van der Waals surface area contributed by atoms with Crippen LogP contribution in [0.3, 0.4) is 0 Å². The zero-order valence-electron chi connectivity index (χ0n) is 10.5. The third-order valence-corrected chi connectivity index (χ3v) is 2.54. The molecule has 0 atom stereocenters. The number of nitrogens with two attached hydrogens (primary N) is 1. The molecule has 2 aromatic rings. The lowest BCUT2D eigenvalue weighted by atomic mass is 10.3. The number of hydrogen-bond donors (Lipinski definition) is 1. The van der Waals surface area contributed by atoms with Gasteiger partial charge < -0.3 is 15.2 Å². The lowest BCUT2D eigenvalue weighted by Crippen LogP contribution is -2.01. The van der Waals surface area contributed by atoms with Crippen LogP contribution in [-0.2, 0) is 6.61 Å². The van der Waals surface area contributed by atoms with Crippen LogP contribution in [0, 0.1) is 6.92 Å². The molecule has 0 aliphatic heterocycles. The van der Waals surface area contributed by atoms with Gasteiger partial charge in [0.1, 0.15) is 18.1 Å². The fourth-order valence-electron chi connectivity index (χ4n) is 1.60. The van der Waals surface area contributed by atoms with Crippen molar-refractivity contribution in [3.8, 4) is 11.5 Å². The first-order valence-electron chi connectivity index (χ1n) is 5.68. The zero-order chi connectivity index (χ0) is 13.0. The molecule has 4 heteroatoms. The summed E-state index contributed by atoms with van der Waals surface area (Å²) in [6.45, 7) is 2.34. The summed E-state index contributed by atoms with van der Waals surface area (Å²) in [5.74, 6) is 1.33. The molecule has 0 aliphatic carbocycles. The molecule has 0 saturated carbocycles. The van der Waals surface area contributed by atoms with Crippen molar-refractivity contribution in [1.29, 1.82) is 0 Å². The first-order valence-corrected chi connectivity index (χ1v) is 5.68. The summed E-state index contributed by atoms with van der Waals surface area (Å²) in [7, 11) is 1.61. The van der Waals surface area contributed by atoms with Gasteiger partial charge in [0.25, 0.3) is 0 Å². The van der Waals surface area contributed by atoms with Gasteiger partial charge >= 0.3 is 0 Å². The maximum Gasteiger partial charge on any atom is 0.146 e. The van der Waals surface area contributed by atoms with Crippen molar-refractivity contribution in [2.45, 2.75) is 13.5 Å². The molecule has 2 rings (SSSR count). The van der Waals surface area contributed by atoms with Gasteiger partial charge in [-0.1, -0.05) is 6.07 Å². The number of anilines is 1. The normalized spacial score (nSPS) is 10.1. The Morgan fingerprint density at radius 3 is 2.78 bits per heavy atom. The number of rotatable bonds is 4. The van der Waals surface area contributed by atoms with Gasteiger partial charge in [-0.25, -0.2) is 0 Å². The van der Waals surface area contributed by atoms with Crippen LogP contribution in [-0.4, -0.2) is 12.1 Å². The van der Waals surface area contributed by atoms with Gasteiger partial charge in [0, 0.05) is 11.8 Å². The second-order valence-electron chi connectivity index (χ2n) is 3.96. The van der Waals surface area contributed by atoms with Crippen LogP contribution in [0.15, 0.2) is 36.4 Å². The number of benzene rings is 1. The van der Waals surface area contributed by atoms with Gasteiger partial charge in [-0.05, 0) is 31.2 Å². The minimum absolute atomic E-state index is 0.388. The number of aromatic nitrogens is 1. The molecule has 1 aromatic heterocycles. The molecule has 0 fully saturated rings. The maximum atomic E-state index is 5.84. The summed E-state index contributed by atoms with van der Waals surface area (Å²) in [5, 5.41) is 0. The van der Waals surface area contributed by atoms with Gasteiger partial charge in [0.05, 0.1) is 18.5 Å². The first-order chi connectivity index (χ1) is 8.69. The molecule has 94 valence electrons. The topological polar surface area (TPSA) is 57.4 Å². The quantitative estimate of drug-likeness (QED) is 0.840. The Kier molecular flexibility index (Phi) is 3.67. The highest BCUT2D eigenvalue weighted by molar-refractivity contribution is 5.55. The van der Waals surface area contributed by atoms with Crippen LogP contribution in [0.1, 0.15) is 11.4 Å². The van der Waals surface area contributed by atoms with Crippen molar-refractivity contribution in [2.24, 2.45) is 0 Å². The third kappa shape index (κ3) is 2.91. The summed E-state index contributed by atoms with van der Waals surface area (Å²) in [5.41, 5.74) is 8.26. The third-order valence-electron chi connectivity index (χ3n) is 2.54. The fraction of sp³-hybridized carbons (Fsp3) is 0.214. The summed E-state index contributed by atoms with van der Waals surface area (Å²) in [6, 6.07) is 11.2. The largest absolute Gasteiger partial charge is 0.497 e. The van der Waals surface area contributed by atoms with E-state index in [2.05, 4.69) is 4.98 Å². The van der Waals surface area contributed by atoms with Crippen LogP contribution >= 0.6 is 0 Å². The van der Waals surface area contributed by atoms with E-state index in [1.165, 1.54) is 0 Å². The van der Waals surface area contributed by atoms with E-state index in [0.29, 0.717) is 18.0 Å². The average molecular weight is 244 g/mol. The molecule has 2 N–H and O–H groups in total. The van der Waals surface area contributed by atoms with Gasteiger partial charge in [-0.3, -0.25) is 4.98 Å². The summed E-state index contributed by atoms with van der Waals surface area (Å²) in [6.07, 6.45) is 0. The van der Waals surface area contributed by atoms with Crippen LogP contribution in [0.25, 0.3) is 0 Å². The summed E-state index contributed by atoms with van der Waals surface area (Å²) in [4.78, 5) is 4.36. The highest BCUT2D eigenvalue weighted by Gasteiger charge is 2.04. The molecular weight excluding hydrogens is 228 g/mol. The van der Waals surface area contributed by atoms with E-state index in [-0.39, 0.29) is 0 Å². The molecule has 4 nitrogen and oxygen atoms in total. The Bertz CT molecular complexity index is 541. The van der Waals surface area contributed by atoms with E-state index < -0.39 is 0 Å². The van der Waals surface area contributed by atoms with Gasteiger partial charge in [0.2, 0.25) is 0 Å². The van der Waals surface area contributed by atoms with E-state index in [0.717, 1.165) is 17.1 Å². The van der Waals surface area contributed by atoms with Crippen LogP contribution in [0.2, 0.25) is 0 Å². The number of pyridine rings is 1. The molecule has 0 unspecified atom stereocenters. The molecular formula is C14H16N2O2. The maximum absolute atomic E-state index is 5.84. The highest BCUT2D eigenvalue weighted by atomic mass is 16.5. The van der Waals surface area contributed by atoms with E-state index in [9.17, 15) is 0 Å². The molecule has 0 aliphatic rings. The second-order valence-corrected chi connectivity index (χ2v) is 3.96. The minimum atomic E-state index is 0.388. The van der Waals surface area contributed by atoms with Crippen molar-refractivity contribution < 1.29 is 9.47 Å². The first kappa shape index (κ1) is 12.2. The molecule has 18 heavy (non-hydrogen) atoms. The van der Waals surface area contributed by atoms with Crippen molar-refractivity contribution in [3.63, 3.8) is 0 Å². The van der Waals surface area contributed by atoms with Crippen LogP contribution < -0.4 is 15.2 Å². The average Bonchev–Trinajstić information content (AvgIpc) is 2.38. The summed E-state index contributed by atoms with van der Waals surface area (Å²) < 4.78 is 10.8. The Morgan fingerprint density at radius 1 is 1.22 bits per heavy atom. The van der Waals surface area contributed by atoms with Crippen molar-refractivity contribution in [3.05, 3.63) is 47.8 Å². The van der Waals surface area contributed by atoms with Crippen LogP contribution in [0.5, 0.6) is 11.5 Å². The van der Waals surface area contributed by atoms with Crippen molar-refractivity contribution in [2.75, 3.05) is 12.8 Å². The van der Waals surface area contributed by atoms with Crippen molar-refractivity contribution in [1.82, 2.24) is 4.98 Å². The Morgan fingerprint density at radius 2 is 2.06 bits per heavy atom. The number of nitrogen functional groups attached to an aromatic ring is 1. The predicted molar refractivity (Wildman–Crippen MR) is 70.7 cm³/mol. The second kappa shape index (κ2) is 5.40. The molecule has 0 amide bonds. The Balaban J connectivity index is 2.10. The fourth-order valence-corrected chi connectivity index (χ4v) is 1.60. The minimum Gasteiger partial charge on any atom is -0.497 e. The van der Waals surface area contributed by atoms with Gasteiger partial charge in [-0.15, -0.1) is 0 Å². The smallest absolute Gasteiger partial charge is 0.146 e. The van der Waals surface area contributed by atoms with E-state index in [1.54, 1.807) is 25.3 Å². The monoisotopic (exact) mass is 244 g/mol. The summed E-state index contributed by atoms with van der Waals surface area (Å²) >= 11 is 0. The molecule has 0 radical (unpaired) electrons. The number of hydrogen-bond acceptors (Lipinski definition) is 4. The highest BCUT2D eigenvalue weighted by Crippen LogP contribution is 2.27. The molecule has 1 aromatic carbocycles. The van der Waals surface area contributed by atoms with E-state index in [4.69, 9.17) is 15.2 Å². The number of nitrogens with zero attached hydrogens (tertiary/aromatic N) is 1. The zero-order valence-corrected chi connectivity index (χ0v) is 10.5. The predicted octanol–water partition coefficient (Wildman–Crippen LogP) is 2.56. The molecule has 0 spiro atoms. The van der Waals surface area contributed by atoms with Crippen LogP contribution in [0.4, 0.5) is 5.69 Å². The molecule has 1 heterocycles. The van der Waals surface area contributed by atoms with Gasteiger partial charge in [-0.2, -0.15) is 0 Å². The standard InChI is InChI=1S/C14H16N2O2/c1-10-4-3-5-11(16-10)9-18-14-8-12(17-2)6-7-13(14)15/h3-8H,9,15H2,1-2H3.